The lowest BCUT2D eigenvalue weighted by molar-refractivity contribution is 0.246. The number of piperazine rings is 1. The van der Waals surface area contributed by atoms with Crippen LogP contribution in [0.1, 0.15) is 0 Å². The third-order valence-electron chi connectivity index (χ3n) is 2.50. The van der Waals surface area contributed by atoms with E-state index >= 15 is 0 Å². The number of nitrogens with zero attached hydrogens (tertiary/aromatic N) is 2. The summed E-state index contributed by atoms with van der Waals surface area (Å²) in [5.41, 5.74) is 0. The number of aromatic nitrogens is 1. The molecule has 2 heterocycles. The van der Waals surface area contributed by atoms with Crippen LogP contribution in [0, 0.1) is 0 Å². The maximum Gasteiger partial charge on any atom is 0.128 e. The molecule has 0 spiro atoms. The Morgan fingerprint density at radius 2 is 2.50 bits per heavy atom. The zero-order valence-electron chi connectivity index (χ0n) is 8.06. The summed E-state index contributed by atoms with van der Waals surface area (Å²) in [7, 11) is 0. The number of rotatable bonds is 2. The summed E-state index contributed by atoms with van der Waals surface area (Å²) < 4.78 is 0. The highest BCUT2D eigenvalue weighted by atomic mass is 16.3. The van der Waals surface area contributed by atoms with Crippen molar-refractivity contribution in [1.29, 1.82) is 0 Å². The molecule has 0 radical (unpaired) electrons. The van der Waals surface area contributed by atoms with E-state index in [1.807, 2.05) is 18.2 Å². The summed E-state index contributed by atoms with van der Waals surface area (Å²) in [5.74, 6) is 0.952. The van der Waals surface area contributed by atoms with Gasteiger partial charge >= 0.3 is 0 Å². The molecule has 1 aromatic heterocycles. The second kappa shape index (κ2) is 4.39. The molecule has 1 atom stereocenters. The highest BCUT2D eigenvalue weighted by Gasteiger charge is 2.21. The molecule has 2 rings (SSSR count). The quantitative estimate of drug-likeness (QED) is 0.686. The lowest BCUT2D eigenvalue weighted by atomic mass is 10.2. The molecule has 4 nitrogen and oxygen atoms in total. The number of anilines is 1. The van der Waals surface area contributed by atoms with E-state index in [0.717, 1.165) is 25.5 Å². The van der Waals surface area contributed by atoms with Gasteiger partial charge in [0.2, 0.25) is 0 Å². The summed E-state index contributed by atoms with van der Waals surface area (Å²) in [4.78, 5) is 6.44. The molecule has 14 heavy (non-hydrogen) atoms. The van der Waals surface area contributed by atoms with Gasteiger partial charge in [-0.15, -0.1) is 0 Å². The first kappa shape index (κ1) is 9.43. The topological polar surface area (TPSA) is 48.4 Å². The van der Waals surface area contributed by atoms with E-state index in [1.165, 1.54) is 0 Å². The molecular formula is C10H15N3O. The van der Waals surface area contributed by atoms with Crippen molar-refractivity contribution in [2.75, 3.05) is 31.1 Å². The van der Waals surface area contributed by atoms with Crippen molar-refractivity contribution in [2.24, 2.45) is 0 Å². The van der Waals surface area contributed by atoms with E-state index in [-0.39, 0.29) is 12.6 Å². The summed E-state index contributed by atoms with van der Waals surface area (Å²) in [6, 6.07) is 6.01. The highest BCUT2D eigenvalue weighted by Crippen LogP contribution is 2.13. The van der Waals surface area contributed by atoms with E-state index in [0.29, 0.717) is 0 Å². The fourth-order valence-electron chi connectivity index (χ4n) is 1.75. The van der Waals surface area contributed by atoms with Crippen LogP contribution >= 0.6 is 0 Å². The lowest BCUT2D eigenvalue weighted by Crippen LogP contribution is -2.53. The minimum atomic E-state index is 0.152. The minimum Gasteiger partial charge on any atom is -0.394 e. The van der Waals surface area contributed by atoms with Gasteiger partial charge in [0.15, 0.2) is 0 Å². The van der Waals surface area contributed by atoms with Crippen molar-refractivity contribution in [1.82, 2.24) is 10.3 Å². The number of hydrogen-bond donors (Lipinski definition) is 2. The maximum absolute atomic E-state index is 9.21. The van der Waals surface area contributed by atoms with Gasteiger partial charge in [-0.05, 0) is 12.1 Å². The van der Waals surface area contributed by atoms with E-state index in [4.69, 9.17) is 0 Å². The monoisotopic (exact) mass is 193 g/mol. The lowest BCUT2D eigenvalue weighted by Gasteiger charge is -2.35. The highest BCUT2D eigenvalue weighted by molar-refractivity contribution is 5.40. The van der Waals surface area contributed by atoms with E-state index in [2.05, 4.69) is 15.2 Å². The van der Waals surface area contributed by atoms with Crippen molar-refractivity contribution >= 4 is 5.82 Å². The molecule has 2 N–H and O–H groups in total. The van der Waals surface area contributed by atoms with Gasteiger partial charge in [0.05, 0.1) is 12.6 Å². The predicted molar refractivity (Wildman–Crippen MR) is 55.3 cm³/mol. The Balaban J connectivity index is 2.15. The Bertz CT molecular complexity index is 278. The SMILES string of the molecule is OC[C@@H]1CNCCN1c1ccccn1. The van der Waals surface area contributed by atoms with Crippen LogP contribution in [0.4, 0.5) is 5.82 Å². The summed E-state index contributed by atoms with van der Waals surface area (Å²) in [6.45, 7) is 2.85. The molecular weight excluding hydrogens is 178 g/mol. The van der Waals surface area contributed by atoms with Gasteiger partial charge < -0.3 is 15.3 Å². The van der Waals surface area contributed by atoms with Gasteiger partial charge in [-0.2, -0.15) is 0 Å². The summed E-state index contributed by atoms with van der Waals surface area (Å²) in [6.07, 6.45) is 1.78. The van der Waals surface area contributed by atoms with Crippen LogP contribution in [-0.4, -0.2) is 42.4 Å². The van der Waals surface area contributed by atoms with Crippen LogP contribution in [0.25, 0.3) is 0 Å². The third-order valence-corrected chi connectivity index (χ3v) is 2.50. The number of aliphatic hydroxyl groups excluding tert-OH is 1. The van der Waals surface area contributed by atoms with Crippen LogP contribution < -0.4 is 10.2 Å². The Labute approximate surface area is 83.6 Å². The Hall–Kier alpha value is -1.13. The summed E-state index contributed by atoms with van der Waals surface area (Å²) >= 11 is 0. The average molecular weight is 193 g/mol. The molecule has 0 unspecified atom stereocenters. The van der Waals surface area contributed by atoms with Crippen LogP contribution in [0.15, 0.2) is 24.4 Å². The molecule has 4 heteroatoms. The number of hydrogen-bond acceptors (Lipinski definition) is 4. The second-order valence-corrected chi connectivity index (χ2v) is 3.42. The third kappa shape index (κ3) is 1.86. The first-order valence-corrected chi connectivity index (χ1v) is 4.91. The average Bonchev–Trinajstić information content (AvgIpc) is 2.30. The normalized spacial score (nSPS) is 22.4. The number of nitrogens with one attached hydrogen (secondary N) is 1. The zero-order chi connectivity index (χ0) is 9.80. The Morgan fingerprint density at radius 1 is 1.57 bits per heavy atom. The largest absolute Gasteiger partial charge is 0.394 e. The summed E-state index contributed by atoms with van der Waals surface area (Å²) in [5, 5.41) is 12.5. The fraction of sp³-hybridized carbons (Fsp3) is 0.500. The minimum absolute atomic E-state index is 0.152. The van der Waals surface area contributed by atoms with Crippen LogP contribution in [0.3, 0.4) is 0 Å². The van der Waals surface area contributed by atoms with Crippen molar-refractivity contribution in [3.63, 3.8) is 0 Å². The zero-order valence-corrected chi connectivity index (χ0v) is 8.06. The molecule has 0 aromatic carbocycles. The molecule has 1 aliphatic rings. The first-order chi connectivity index (χ1) is 6.92. The second-order valence-electron chi connectivity index (χ2n) is 3.42. The van der Waals surface area contributed by atoms with Crippen molar-refractivity contribution in [2.45, 2.75) is 6.04 Å². The fourth-order valence-corrected chi connectivity index (χ4v) is 1.75. The van der Waals surface area contributed by atoms with Crippen LogP contribution in [0.2, 0.25) is 0 Å². The van der Waals surface area contributed by atoms with E-state index in [9.17, 15) is 5.11 Å². The molecule has 0 amide bonds. The van der Waals surface area contributed by atoms with Gasteiger partial charge in [-0.25, -0.2) is 4.98 Å². The molecule has 1 fully saturated rings. The number of aliphatic hydroxyl groups is 1. The van der Waals surface area contributed by atoms with Crippen molar-refractivity contribution in [3.8, 4) is 0 Å². The van der Waals surface area contributed by atoms with Gasteiger partial charge in [-0.1, -0.05) is 6.07 Å². The number of pyridine rings is 1. The predicted octanol–water partition coefficient (Wildman–Crippen LogP) is -0.148. The maximum atomic E-state index is 9.21. The molecule has 76 valence electrons. The molecule has 0 saturated carbocycles. The molecule has 1 saturated heterocycles. The molecule has 0 bridgehead atoms. The van der Waals surface area contributed by atoms with Gasteiger partial charge in [0, 0.05) is 25.8 Å². The van der Waals surface area contributed by atoms with Crippen molar-refractivity contribution in [3.05, 3.63) is 24.4 Å². The molecule has 0 aliphatic carbocycles. The standard InChI is InChI=1S/C10H15N3O/c14-8-9-7-11-5-6-13(9)10-3-1-2-4-12-10/h1-4,9,11,14H,5-8H2/t9-/m0/s1. The van der Waals surface area contributed by atoms with E-state index in [1.54, 1.807) is 6.20 Å². The molecule has 1 aliphatic heterocycles. The first-order valence-electron chi connectivity index (χ1n) is 4.91. The van der Waals surface area contributed by atoms with Gasteiger partial charge in [0.25, 0.3) is 0 Å². The van der Waals surface area contributed by atoms with E-state index < -0.39 is 0 Å². The molecule has 1 aromatic rings. The van der Waals surface area contributed by atoms with Crippen LogP contribution in [0.5, 0.6) is 0 Å². The Kier molecular flexibility index (Phi) is 2.96. The van der Waals surface area contributed by atoms with Crippen molar-refractivity contribution < 1.29 is 5.11 Å². The van der Waals surface area contributed by atoms with Gasteiger partial charge in [0.1, 0.15) is 5.82 Å². The Morgan fingerprint density at radius 3 is 3.21 bits per heavy atom. The smallest absolute Gasteiger partial charge is 0.128 e. The van der Waals surface area contributed by atoms with Gasteiger partial charge in [-0.3, -0.25) is 0 Å². The van der Waals surface area contributed by atoms with Crippen LogP contribution in [-0.2, 0) is 0 Å².